The summed E-state index contributed by atoms with van der Waals surface area (Å²) >= 11 is 0. The predicted molar refractivity (Wildman–Crippen MR) is 77.7 cm³/mol. The van der Waals surface area contributed by atoms with Crippen LogP contribution in [-0.2, 0) is 11.2 Å². The van der Waals surface area contributed by atoms with Crippen molar-refractivity contribution >= 4 is 23.0 Å². The highest BCUT2D eigenvalue weighted by Crippen LogP contribution is 2.40. The Hall–Kier alpha value is -2.44. The molecule has 0 aliphatic heterocycles. The number of carboxylic acids is 1. The first kappa shape index (κ1) is 14.5. The number of aryl methyl sites for hydroxylation is 1. The van der Waals surface area contributed by atoms with Crippen molar-refractivity contribution in [1.82, 2.24) is 15.5 Å². The number of nitrogens with zero attached hydrogens (tertiary/aromatic N) is 2. The summed E-state index contributed by atoms with van der Waals surface area (Å²) in [5.74, 6) is -1.16. The summed E-state index contributed by atoms with van der Waals surface area (Å²) in [6.07, 6.45) is 3.63. The number of aromatic nitrogens is 2. The summed E-state index contributed by atoms with van der Waals surface area (Å²) in [5.41, 5.74) is 2.26. The van der Waals surface area contributed by atoms with Crippen LogP contribution in [0.15, 0.2) is 10.6 Å². The molecule has 1 amide bonds. The van der Waals surface area contributed by atoms with Gasteiger partial charge in [0.05, 0.1) is 16.6 Å². The summed E-state index contributed by atoms with van der Waals surface area (Å²) in [6, 6.07) is 1.74. The van der Waals surface area contributed by atoms with Crippen molar-refractivity contribution in [3.63, 3.8) is 0 Å². The van der Waals surface area contributed by atoms with Crippen LogP contribution in [0.2, 0.25) is 0 Å². The highest BCUT2D eigenvalue weighted by atomic mass is 16.5. The zero-order valence-corrected chi connectivity index (χ0v) is 12.3. The first-order valence-corrected chi connectivity index (χ1v) is 7.39. The van der Waals surface area contributed by atoms with Crippen molar-refractivity contribution in [2.75, 3.05) is 6.54 Å². The Labute approximate surface area is 126 Å². The summed E-state index contributed by atoms with van der Waals surface area (Å²) in [6.45, 7) is 1.59. The van der Waals surface area contributed by atoms with Gasteiger partial charge in [0.15, 0.2) is 0 Å². The maximum atomic E-state index is 12.3. The minimum atomic E-state index is -1.08. The van der Waals surface area contributed by atoms with Crippen molar-refractivity contribution in [3.05, 3.63) is 23.0 Å². The molecule has 0 unspecified atom stereocenters. The Balaban J connectivity index is 2.04. The zero-order chi connectivity index (χ0) is 15.7. The van der Waals surface area contributed by atoms with Crippen molar-refractivity contribution in [2.45, 2.75) is 38.5 Å². The highest BCUT2D eigenvalue weighted by molar-refractivity contribution is 6.06. The van der Waals surface area contributed by atoms with Crippen molar-refractivity contribution in [2.24, 2.45) is 0 Å². The summed E-state index contributed by atoms with van der Waals surface area (Å²) < 4.78 is 5.28. The van der Waals surface area contributed by atoms with Gasteiger partial charge in [0.1, 0.15) is 6.54 Å². The van der Waals surface area contributed by atoms with Gasteiger partial charge in [0.2, 0.25) is 0 Å². The van der Waals surface area contributed by atoms with Crippen molar-refractivity contribution < 1.29 is 19.2 Å². The molecule has 1 fully saturated rings. The van der Waals surface area contributed by atoms with Gasteiger partial charge in [0, 0.05) is 11.6 Å². The second kappa shape index (κ2) is 5.75. The van der Waals surface area contributed by atoms with E-state index in [-0.39, 0.29) is 0 Å². The van der Waals surface area contributed by atoms with Gasteiger partial charge in [-0.2, -0.15) is 0 Å². The number of hydrogen-bond donors (Lipinski definition) is 2. The largest absolute Gasteiger partial charge is 0.480 e. The smallest absolute Gasteiger partial charge is 0.322 e. The van der Waals surface area contributed by atoms with Gasteiger partial charge in [-0.3, -0.25) is 9.59 Å². The van der Waals surface area contributed by atoms with Crippen LogP contribution in [0.4, 0.5) is 0 Å². The maximum Gasteiger partial charge on any atom is 0.322 e. The molecule has 1 saturated carbocycles. The number of carbonyl (C=O) groups is 2. The van der Waals surface area contributed by atoms with Crippen LogP contribution in [0, 0.1) is 0 Å². The monoisotopic (exact) mass is 303 g/mol. The van der Waals surface area contributed by atoms with Crippen molar-refractivity contribution in [3.8, 4) is 0 Å². The van der Waals surface area contributed by atoms with Crippen LogP contribution in [-0.4, -0.2) is 33.7 Å². The minimum Gasteiger partial charge on any atom is -0.480 e. The number of carbonyl (C=O) groups excluding carboxylic acids is 1. The first-order chi connectivity index (χ1) is 10.6. The normalized spacial score (nSPS) is 14.2. The summed E-state index contributed by atoms with van der Waals surface area (Å²) in [7, 11) is 0. The fraction of sp³-hybridized carbons (Fsp3) is 0.467. The van der Waals surface area contributed by atoms with E-state index in [4.69, 9.17) is 9.63 Å². The van der Waals surface area contributed by atoms with Gasteiger partial charge in [-0.25, -0.2) is 4.98 Å². The Bertz CT molecular complexity index is 734. The van der Waals surface area contributed by atoms with Gasteiger partial charge < -0.3 is 14.9 Å². The van der Waals surface area contributed by atoms with Crippen LogP contribution in [0.1, 0.15) is 53.8 Å². The molecule has 0 saturated heterocycles. The topological polar surface area (TPSA) is 105 Å². The van der Waals surface area contributed by atoms with Crippen LogP contribution in [0.25, 0.3) is 11.1 Å². The second-order valence-electron chi connectivity index (χ2n) is 5.50. The average molecular weight is 303 g/mol. The lowest BCUT2D eigenvalue weighted by molar-refractivity contribution is -0.135. The third-order valence-corrected chi connectivity index (χ3v) is 3.66. The van der Waals surface area contributed by atoms with E-state index in [0.29, 0.717) is 34.7 Å². The number of hydrogen-bond acceptors (Lipinski definition) is 5. The Morgan fingerprint density at radius 1 is 1.45 bits per heavy atom. The molecule has 3 rings (SSSR count). The Morgan fingerprint density at radius 3 is 2.86 bits per heavy atom. The number of fused-ring (bicyclic) bond motifs is 1. The third-order valence-electron chi connectivity index (χ3n) is 3.66. The molecule has 0 spiro atoms. The fourth-order valence-electron chi connectivity index (χ4n) is 2.46. The van der Waals surface area contributed by atoms with Gasteiger partial charge in [-0.1, -0.05) is 18.5 Å². The lowest BCUT2D eigenvalue weighted by atomic mass is 10.1. The van der Waals surface area contributed by atoms with E-state index < -0.39 is 18.4 Å². The SMILES string of the molecule is CCCc1noc2nc(C3CC3)cc(C(=O)NCC(=O)O)c12. The molecule has 1 aliphatic carbocycles. The van der Waals surface area contributed by atoms with Crippen LogP contribution in [0.5, 0.6) is 0 Å². The summed E-state index contributed by atoms with van der Waals surface area (Å²) in [5, 5.41) is 15.7. The van der Waals surface area contributed by atoms with Gasteiger partial charge in [-0.15, -0.1) is 0 Å². The standard InChI is InChI=1S/C15H17N3O4/c1-2-3-10-13-9(14(21)16-7-12(19)20)6-11(8-4-5-8)17-15(13)22-18-10/h6,8H,2-5,7H2,1H3,(H,16,21)(H,19,20). The second-order valence-corrected chi connectivity index (χ2v) is 5.50. The van der Waals surface area contributed by atoms with Gasteiger partial charge in [0.25, 0.3) is 11.6 Å². The van der Waals surface area contributed by atoms with E-state index in [1.165, 1.54) is 0 Å². The number of carboxylic acid groups (broad SMARTS) is 1. The molecule has 116 valence electrons. The molecule has 0 aromatic carbocycles. The molecule has 2 aromatic rings. The maximum absolute atomic E-state index is 12.3. The predicted octanol–water partition coefficient (Wildman–Crippen LogP) is 1.87. The highest BCUT2D eigenvalue weighted by Gasteiger charge is 2.29. The van der Waals surface area contributed by atoms with E-state index >= 15 is 0 Å². The molecule has 0 radical (unpaired) electrons. The molecule has 2 N–H and O–H groups in total. The van der Waals surface area contributed by atoms with Crippen LogP contribution in [0.3, 0.4) is 0 Å². The molecule has 0 bridgehead atoms. The molecule has 2 aromatic heterocycles. The van der Waals surface area contributed by atoms with E-state index in [2.05, 4.69) is 15.5 Å². The van der Waals surface area contributed by atoms with E-state index in [9.17, 15) is 9.59 Å². The van der Waals surface area contributed by atoms with Crippen LogP contribution >= 0.6 is 0 Å². The van der Waals surface area contributed by atoms with Gasteiger partial charge >= 0.3 is 5.97 Å². The Morgan fingerprint density at radius 2 is 2.23 bits per heavy atom. The average Bonchev–Trinajstić information content (AvgIpc) is 3.27. The zero-order valence-electron chi connectivity index (χ0n) is 12.3. The molecule has 7 nitrogen and oxygen atoms in total. The number of rotatable bonds is 6. The molecule has 7 heteroatoms. The third kappa shape index (κ3) is 2.79. The quantitative estimate of drug-likeness (QED) is 0.844. The Kier molecular flexibility index (Phi) is 3.79. The molecule has 22 heavy (non-hydrogen) atoms. The fourth-order valence-corrected chi connectivity index (χ4v) is 2.46. The lowest BCUT2D eigenvalue weighted by Gasteiger charge is -2.06. The lowest BCUT2D eigenvalue weighted by Crippen LogP contribution is -2.29. The molecule has 2 heterocycles. The first-order valence-electron chi connectivity index (χ1n) is 7.39. The van der Waals surface area contributed by atoms with Gasteiger partial charge in [-0.05, 0) is 25.3 Å². The minimum absolute atomic E-state index is 0.355. The molecule has 0 atom stereocenters. The van der Waals surface area contributed by atoms with E-state index in [1.807, 2.05) is 6.92 Å². The number of pyridine rings is 1. The van der Waals surface area contributed by atoms with Crippen molar-refractivity contribution in [1.29, 1.82) is 0 Å². The summed E-state index contributed by atoms with van der Waals surface area (Å²) in [4.78, 5) is 27.4. The number of aliphatic carboxylic acids is 1. The van der Waals surface area contributed by atoms with E-state index in [0.717, 1.165) is 25.0 Å². The molecule has 1 aliphatic rings. The molecular weight excluding hydrogens is 286 g/mol. The molecular formula is C15H17N3O4. The van der Waals surface area contributed by atoms with Crippen LogP contribution < -0.4 is 5.32 Å². The number of amides is 1. The van der Waals surface area contributed by atoms with E-state index in [1.54, 1.807) is 6.07 Å². The number of nitrogens with one attached hydrogen (secondary N) is 1.